The number of carbonyl (C=O) groups is 1. The smallest absolute Gasteiger partial charge is 0.407 e. The molecule has 1 amide bonds. The molecule has 0 radical (unpaired) electrons. The lowest BCUT2D eigenvalue weighted by atomic mass is 9.93. The van der Waals surface area contributed by atoms with Crippen LogP contribution in [-0.4, -0.2) is 23.3 Å². The van der Waals surface area contributed by atoms with Gasteiger partial charge in [0.2, 0.25) is 0 Å². The van der Waals surface area contributed by atoms with Gasteiger partial charge < -0.3 is 14.8 Å². The van der Waals surface area contributed by atoms with E-state index in [4.69, 9.17) is 9.47 Å². The van der Waals surface area contributed by atoms with Crippen LogP contribution in [0.25, 0.3) is 0 Å². The summed E-state index contributed by atoms with van der Waals surface area (Å²) in [7, 11) is 0. The monoisotopic (exact) mass is 397 g/mol. The molecule has 1 aliphatic rings. The Balaban J connectivity index is 1.61. The largest absolute Gasteiger partial charge is 0.445 e. The van der Waals surface area contributed by atoms with E-state index in [9.17, 15) is 4.79 Å². The van der Waals surface area contributed by atoms with E-state index in [0.29, 0.717) is 12.7 Å². The third kappa shape index (κ3) is 7.22. The van der Waals surface area contributed by atoms with Gasteiger partial charge in [-0.3, -0.25) is 0 Å². The average Bonchev–Trinajstić information content (AvgIpc) is 2.61. The number of nitrogens with one attached hydrogen (secondary N) is 1. The van der Waals surface area contributed by atoms with Gasteiger partial charge in [0.05, 0.1) is 6.10 Å². The molecule has 5 heteroatoms. The third-order valence-electron chi connectivity index (χ3n) is 4.33. The highest BCUT2D eigenvalue weighted by molar-refractivity contribution is 9.09. The van der Waals surface area contributed by atoms with Crippen LogP contribution in [0.1, 0.15) is 57.4 Å². The molecular formula is C19H28BrNO3. The molecule has 0 spiro atoms. The third-order valence-corrected chi connectivity index (χ3v) is 5.01. The van der Waals surface area contributed by atoms with Gasteiger partial charge in [-0.15, -0.1) is 0 Å². The minimum atomic E-state index is -0.329. The van der Waals surface area contributed by atoms with E-state index in [1.165, 1.54) is 12.8 Å². The Labute approximate surface area is 153 Å². The zero-order valence-corrected chi connectivity index (χ0v) is 16.0. The van der Waals surface area contributed by atoms with Gasteiger partial charge in [-0.2, -0.15) is 0 Å². The summed E-state index contributed by atoms with van der Waals surface area (Å²) in [5.74, 6) is 0. The van der Waals surface area contributed by atoms with Crippen molar-refractivity contribution < 1.29 is 14.3 Å². The lowest BCUT2D eigenvalue weighted by Gasteiger charge is -2.30. The van der Waals surface area contributed by atoms with Crippen LogP contribution in [0.2, 0.25) is 0 Å². The molecule has 1 aromatic carbocycles. The lowest BCUT2D eigenvalue weighted by molar-refractivity contribution is 0.00628. The van der Waals surface area contributed by atoms with E-state index < -0.39 is 0 Å². The fourth-order valence-corrected chi connectivity index (χ4v) is 3.55. The summed E-state index contributed by atoms with van der Waals surface area (Å²) in [6.07, 6.45) is 7.25. The number of carbonyl (C=O) groups excluding carboxylic acids is 1. The standard InChI is InChI=1S/C19H28BrNO3/c1-2-3-9-18(20)24-17-12-10-16(11-13-17)21-19(22)23-14-15-7-5-4-6-8-15/h4-8,16-18H,2-3,9-14H2,1H3,(H,21,22). The quantitative estimate of drug-likeness (QED) is 0.616. The normalized spacial score (nSPS) is 21.9. The van der Waals surface area contributed by atoms with Crippen molar-refractivity contribution in [1.82, 2.24) is 5.32 Å². The maximum atomic E-state index is 11.9. The van der Waals surface area contributed by atoms with Gasteiger partial charge in [0.15, 0.2) is 0 Å². The molecule has 0 bridgehead atoms. The van der Waals surface area contributed by atoms with Crippen molar-refractivity contribution in [2.24, 2.45) is 0 Å². The summed E-state index contributed by atoms with van der Waals surface area (Å²) >= 11 is 3.60. The van der Waals surface area contributed by atoms with Crippen LogP contribution in [0, 0.1) is 0 Å². The molecule has 1 unspecified atom stereocenters. The first-order valence-corrected chi connectivity index (χ1v) is 9.85. The number of rotatable bonds is 8. The van der Waals surface area contributed by atoms with E-state index >= 15 is 0 Å². The van der Waals surface area contributed by atoms with Gasteiger partial charge in [0, 0.05) is 6.04 Å². The lowest BCUT2D eigenvalue weighted by Crippen LogP contribution is -2.39. The summed E-state index contributed by atoms with van der Waals surface area (Å²) in [5, 5.41) is 3.12. The number of hydrogen-bond donors (Lipinski definition) is 1. The number of unbranched alkanes of at least 4 members (excludes halogenated alkanes) is 1. The summed E-state index contributed by atoms with van der Waals surface area (Å²) in [5.41, 5.74) is 1.00. The van der Waals surface area contributed by atoms with Gasteiger partial charge in [-0.25, -0.2) is 4.79 Å². The molecule has 24 heavy (non-hydrogen) atoms. The highest BCUT2D eigenvalue weighted by atomic mass is 79.9. The van der Waals surface area contributed by atoms with Gasteiger partial charge in [-0.05, 0) is 37.7 Å². The molecule has 1 aliphatic carbocycles. The summed E-state index contributed by atoms with van der Waals surface area (Å²) in [6, 6.07) is 9.92. The number of hydrogen-bond acceptors (Lipinski definition) is 3. The number of ether oxygens (including phenoxy) is 2. The topological polar surface area (TPSA) is 47.6 Å². The van der Waals surface area contributed by atoms with Crippen molar-refractivity contribution in [2.75, 3.05) is 0 Å². The Morgan fingerprint density at radius 2 is 1.96 bits per heavy atom. The summed E-state index contributed by atoms with van der Waals surface area (Å²) in [4.78, 5) is 11.9. The molecule has 1 saturated carbocycles. The molecule has 2 rings (SSSR count). The van der Waals surface area contributed by atoms with Crippen molar-refractivity contribution in [2.45, 2.75) is 75.6 Å². The molecule has 1 aromatic rings. The summed E-state index contributed by atoms with van der Waals surface area (Å²) in [6.45, 7) is 2.50. The second-order valence-corrected chi connectivity index (χ2v) is 7.39. The minimum absolute atomic E-state index is 0.155. The van der Waals surface area contributed by atoms with Gasteiger partial charge >= 0.3 is 6.09 Å². The SMILES string of the molecule is CCCCC(Br)OC1CCC(NC(=O)OCc2ccccc2)CC1. The zero-order valence-electron chi connectivity index (χ0n) is 14.4. The molecule has 4 nitrogen and oxygen atoms in total. The fraction of sp³-hybridized carbons (Fsp3) is 0.632. The molecule has 0 saturated heterocycles. The van der Waals surface area contributed by atoms with Gasteiger partial charge in [0.1, 0.15) is 11.6 Å². The zero-order chi connectivity index (χ0) is 17.2. The Morgan fingerprint density at radius 1 is 1.25 bits per heavy atom. The molecule has 1 N–H and O–H groups in total. The average molecular weight is 398 g/mol. The van der Waals surface area contributed by atoms with Crippen molar-refractivity contribution in [3.63, 3.8) is 0 Å². The first kappa shape index (κ1) is 19.3. The van der Waals surface area contributed by atoms with Crippen molar-refractivity contribution in [3.05, 3.63) is 35.9 Å². The van der Waals surface area contributed by atoms with Gasteiger partial charge in [0.25, 0.3) is 0 Å². The van der Waals surface area contributed by atoms with E-state index in [2.05, 4.69) is 28.2 Å². The summed E-state index contributed by atoms with van der Waals surface area (Å²) < 4.78 is 11.3. The Morgan fingerprint density at radius 3 is 2.62 bits per heavy atom. The van der Waals surface area contributed by atoms with E-state index in [1.807, 2.05) is 30.3 Å². The van der Waals surface area contributed by atoms with Crippen molar-refractivity contribution in [3.8, 4) is 0 Å². The molecule has 0 heterocycles. The predicted octanol–water partition coefficient (Wildman–Crippen LogP) is 5.15. The molecule has 1 fully saturated rings. The predicted molar refractivity (Wildman–Crippen MR) is 99.1 cm³/mol. The number of halogens is 1. The van der Waals surface area contributed by atoms with Crippen LogP contribution in [0.3, 0.4) is 0 Å². The van der Waals surface area contributed by atoms with Crippen LogP contribution in [0.5, 0.6) is 0 Å². The van der Waals surface area contributed by atoms with E-state index in [1.54, 1.807) is 0 Å². The molecular weight excluding hydrogens is 370 g/mol. The Kier molecular flexibility index (Phi) is 8.60. The van der Waals surface area contributed by atoms with Crippen LogP contribution >= 0.6 is 15.9 Å². The first-order chi connectivity index (χ1) is 11.7. The number of alkyl halides is 1. The second-order valence-electron chi connectivity index (χ2n) is 6.37. The number of amides is 1. The highest BCUT2D eigenvalue weighted by Crippen LogP contribution is 2.25. The first-order valence-electron chi connectivity index (χ1n) is 8.94. The maximum absolute atomic E-state index is 11.9. The number of benzene rings is 1. The maximum Gasteiger partial charge on any atom is 0.407 e. The Hall–Kier alpha value is -1.07. The molecule has 1 atom stereocenters. The van der Waals surface area contributed by atoms with Crippen LogP contribution in [0.4, 0.5) is 4.79 Å². The molecule has 0 aliphatic heterocycles. The van der Waals surface area contributed by atoms with Crippen LogP contribution in [-0.2, 0) is 16.1 Å². The fourth-order valence-electron chi connectivity index (χ4n) is 2.92. The van der Waals surface area contributed by atoms with E-state index in [0.717, 1.165) is 37.7 Å². The van der Waals surface area contributed by atoms with E-state index in [-0.39, 0.29) is 17.1 Å². The van der Waals surface area contributed by atoms with Crippen molar-refractivity contribution in [1.29, 1.82) is 0 Å². The minimum Gasteiger partial charge on any atom is -0.445 e. The second kappa shape index (κ2) is 10.7. The van der Waals surface area contributed by atoms with Crippen molar-refractivity contribution >= 4 is 22.0 Å². The highest BCUT2D eigenvalue weighted by Gasteiger charge is 2.24. The van der Waals surface area contributed by atoms with Crippen LogP contribution in [0.15, 0.2) is 30.3 Å². The molecule has 0 aromatic heterocycles. The van der Waals surface area contributed by atoms with Gasteiger partial charge in [-0.1, -0.05) is 66.0 Å². The number of alkyl carbamates (subject to hydrolysis) is 1. The van der Waals surface area contributed by atoms with Crippen LogP contribution < -0.4 is 5.32 Å². The Bertz CT molecular complexity index is 475. The molecule has 134 valence electrons.